The summed E-state index contributed by atoms with van der Waals surface area (Å²) < 4.78 is 13.2. The summed E-state index contributed by atoms with van der Waals surface area (Å²) in [5.74, 6) is 0.907. The van der Waals surface area contributed by atoms with E-state index in [0.29, 0.717) is 24.1 Å². The first-order valence-corrected chi connectivity index (χ1v) is 15.5. The van der Waals surface area contributed by atoms with Crippen molar-refractivity contribution >= 4 is 17.1 Å². The molecular formula is C32H49NO4. The molecule has 0 saturated heterocycles. The van der Waals surface area contributed by atoms with Crippen molar-refractivity contribution in [1.82, 2.24) is 4.57 Å². The van der Waals surface area contributed by atoms with Crippen LogP contribution in [0.5, 0.6) is 5.75 Å². The van der Waals surface area contributed by atoms with Crippen LogP contribution in [-0.2, 0) is 11.3 Å². The summed E-state index contributed by atoms with van der Waals surface area (Å²) in [5.41, 5.74) is 3.78. The molecule has 4 rings (SSSR count). The van der Waals surface area contributed by atoms with Crippen LogP contribution in [0.15, 0.2) is 15.3 Å². The number of carbonyl (C=O) groups is 1. The zero-order valence-electron chi connectivity index (χ0n) is 23.5. The van der Waals surface area contributed by atoms with Gasteiger partial charge in [-0.15, -0.1) is 0 Å². The number of ether oxygens (including phenoxy) is 1. The third-order valence-corrected chi connectivity index (χ3v) is 8.74. The van der Waals surface area contributed by atoms with Crippen molar-refractivity contribution in [3.63, 3.8) is 0 Å². The van der Waals surface area contributed by atoms with Gasteiger partial charge in [-0.05, 0) is 37.5 Å². The van der Waals surface area contributed by atoms with E-state index >= 15 is 0 Å². The lowest BCUT2D eigenvalue weighted by molar-refractivity contribution is -0.131. The van der Waals surface area contributed by atoms with Gasteiger partial charge >= 0.3 is 11.7 Å². The van der Waals surface area contributed by atoms with Crippen molar-refractivity contribution in [3.05, 3.63) is 27.7 Å². The van der Waals surface area contributed by atoms with Gasteiger partial charge in [0, 0.05) is 30.7 Å². The van der Waals surface area contributed by atoms with Gasteiger partial charge in [0.25, 0.3) is 0 Å². The molecule has 1 heterocycles. The Morgan fingerprint density at radius 3 is 1.89 bits per heavy atom. The van der Waals surface area contributed by atoms with Crippen LogP contribution in [0.2, 0.25) is 0 Å². The van der Waals surface area contributed by atoms with Crippen LogP contribution in [0.25, 0.3) is 11.1 Å². The number of unbranched alkanes of at least 4 members (excludes halogenated alkanes) is 15. The number of aromatic nitrogens is 1. The molecule has 0 aliphatic heterocycles. The molecular weight excluding hydrogens is 462 g/mol. The van der Waals surface area contributed by atoms with Crippen LogP contribution in [-0.4, -0.2) is 10.5 Å². The van der Waals surface area contributed by atoms with Gasteiger partial charge < -0.3 is 9.15 Å². The molecule has 1 fully saturated rings. The fourth-order valence-electron chi connectivity index (χ4n) is 6.81. The highest BCUT2D eigenvalue weighted by Crippen LogP contribution is 2.58. The Bertz CT molecular complexity index is 1060. The minimum atomic E-state index is -0.306. The van der Waals surface area contributed by atoms with Gasteiger partial charge in [0.2, 0.25) is 0 Å². The molecule has 2 aliphatic rings. The highest BCUT2D eigenvalue weighted by Gasteiger charge is 2.42. The smallest absolute Gasteiger partial charge is 0.419 e. The Hall–Kier alpha value is -2.04. The number of aryl methyl sites for hydroxylation is 1. The second kappa shape index (κ2) is 14.2. The average molecular weight is 512 g/mol. The molecule has 0 spiro atoms. The van der Waals surface area contributed by atoms with Gasteiger partial charge in [-0.3, -0.25) is 9.36 Å². The minimum absolute atomic E-state index is 0.277. The van der Waals surface area contributed by atoms with E-state index in [-0.39, 0.29) is 11.7 Å². The van der Waals surface area contributed by atoms with E-state index in [9.17, 15) is 9.59 Å². The molecule has 37 heavy (non-hydrogen) atoms. The molecule has 1 aromatic carbocycles. The molecule has 1 aromatic heterocycles. The van der Waals surface area contributed by atoms with E-state index < -0.39 is 0 Å². The maximum absolute atomic E-state index is 12.8. The van der Waals surface area contributed by atoms with Crippen molar-refractivity contribution in [3.8, 4) is 5.75 Å². The molecule has 0 N–H and O–H groups in total. The Labute approximate surface area is 223 Å². The number of fused-ring (bicyclic) bond motifs is 7. The maximum Gasteiger partial charge on any atom is 0.419 e. The Kier molecular flexibility index (Phi) is 10.7. The summed E-state index contributed by atoms with van der Waals surface area (Å²) in [5, 5.41) is 0. The first-order valence-electron chi connectivity index (χ1n) is 15.5. The summed E-state index contributed by atoms with van der Waals surface area (Å²) in [6.07, 6.45) is 24.7. The third kappa shape index (κ3) is 7.29. The molecule has 2 unspecified atom stereocenters. The summed E-state index contributed by atoms with van der Waals surface area (Å²) >= 11 is 0. The maximum atomic E-state index is 12.8. The Morgan fingerprint density at radius 1 is 0.838 bits per heavy atom. The molecule has 0 radical (unpaired) electrons. The number of carbonyl (C=O) groups excluding carboxylic acids is 1. The topological polar surface area (TPSA) is 61.4 Å². The van der Waals surface area contributed by atoms with Crippen LogP contribution in [0.1, 0.15) is 159 Å². The molecule has 2 bridgehead atoms. The molecule has 5 nitrogen and oxygen atoms in total. The van der Waals surface area contributed by atoms with E-state index in [1.807, 2.05) is 6.07 Å². The zero-order chi connectivity index (χ0) is 26.0. The molecule has 1 saturated carbocycles. The second-order valence-corrected chi connectivity index (χ2v) is 11.7. The SMILES string of the molecule is CCCCCCCCCCCCCCCCCCn1c(=O)oc2c3c(c(OC(C)=O)cc21)C1CCC3C1. The Morgan fingerprint density at radius 2 is 1.35 bits per heavy atom. The minimum Gasteiger partial charge on any atom is -0.426 e. The van der Waals surface area contributed by atoms with E-state index in [2.05, 4.69) is 6.92 Å². The standard InChI is InChI=1S/C32H49NO4/c1-3-4-5-6-7-8-9-10-11-12-13-14-15-16-17-18-21-33-27-23-28(36-24(2)34)29-25-19-20-26(22-25)30(29)31(27)37-32(33)35/h23,25-26H,3-22H2,1-2H3. The quantitative estimate of drug-likeness (QED) is 0.114. The summed E-state index contributed by atoms with van der Waals surface area (Å²) in [6, 6.07) is 1.88. The summed E-state index contributed by atoms with van der Waals surface area (Å²) in [6.45, 7) is 4.39. The monoisotopic (exact) mass is 511 g/mol. The molecule has 206 valence electrons. The number of rotatable bonds is 18. The first-order chi connectivity index (χ1) is 18.1. The predicted octanol–water partition coefficient (Wildman–Crippen LogP) is 9.15. The summed E-state index contributed by atoms with van der Waals surface area (Å²) in [7, 11) is 0. The summed E-state index contributed by atoms with van der Waals surface area (Å²) in [4.78, 5) is 24.5. The van der Waals surface area contributed by atoms with Gasteiger partial charge in [0.05, 0.1) is 5.52 Å². The van der Waals surface area contributed by atoms with Crippen molar-refractivity contribution in [2.45, 2.75) is 154 Å². The third-order valence-electron chi connectivity index (χ3n) is 8.74. The van der Waals surface area contributed by atoms with E-state index in [1.54, 1.807) is 4.57 Å². The van der Waals surface area contributed by atoms with Crippen molar-refractivity contribution in [1.29, 1.82) is 0 Å². The molecule has 2 aliphatic carbocycles. The molecule has 2 aromatic rings. The average Bonchev–Trinajstić information content (AvgIpc) is 3.57. The van der Waals surface area contributed by atoms with Crippen LogP contribution in [0.4, 0.5) is 0 Å². The fraction of sp³-hybridized carbons (Fsp3) is 0.750. The van der Waals surface area contributed by atoms with Crippen molar-refractivity contribution < 1.29 is 13.9 Å². The van der Waals surface area contributed by atoms with E-state index in [1.165, 1.54) is 96.8 Å². The number of esters is 1. The Balaban J connectivity index is 1.15. The molecule has 0 amide bonds. The van der Waals surface area contributed by atoms with Crippen LogP contribution in [0, 0.1) is 0 Å². The first kappa shape index (κ1) is 28.0. The van der Waals surface area contributed by atoms with Crippen LogP contribution in [0.3, 0.4) is 0 Å². The number of benzene rings is 1. The lowest BCUT2D eigenvalue weighted by Gasteiger charge is -2.18. The van der Waals surface area contributed by atoms with Gasteiger partial charge in [-0.2, -0.15) is 0 Å². The number of hydrogen-bond donors (Lipinski definition) is 0. The highest BCUT2D eigenvalue weighted by molar-refractivity contribution is 5.84. The largest absolute Gasteiger partial charge is 0.426 e. The van der Waals surface area contributed by atoms with Gasteiger partial charge in [-0.25, -0.2) is 4.79 Å². The zero-order valence-corrected chi connectivity index (χ0v) is 23.5. The lowest BCUT2D eigenvalue weighted by atomic mass is 9.90. The van der Waals surface area contributed by atoms with E-state index in [0.717, 1.165) is 54.3 Å². The lowest BCUT2D eigenvalue weighted by Crippen LogP contribution is -2.14. The number of hydrogen-bond acceptors (Lipinski definition) is 4. The van der Waals surface area contributed by atoms with Crippen LogP contribution >= 0.6 is 0 Å². The predicted molar refractivity (Wildman–Crippen MR) is 151 cm³/mol. The van der Waals surface area contributed by atoms with Gasteiger partial charge in [-0.1, -0.05) is 103 Å². The van der Waals surface area contributed by atoms with Gasteiger partial charge in [0.1, 0.15) is 5.75 Å². The van der Waals surface area contributed by atoms with E-state index in [4.69, 9.17) is 9.15 Å². The molecule has 5 heteroatoms. The van der Waals surface area contributed by atoms with Crippen LogP contribution < -0.4 is 10.5 Å². The van der Waals surface area contributed by atoms with Crippen molar-refractivity contribution in [2.24, 2.45) is 0 Å². The highest BCUT2D eigenvalue weighted by atomic mass is 16.5. The van der Waals surface area contributed by atoms with Gasteiger partial charge in [0.15, 0.2) is 5.58 Å². The number of nitrogens with zero attached hydrogens (tertiary/aromatic N) is 1. The normalized spacial score (nSPS) is 18.1. The number of oxazole rings is 1. The van der Waals surface area contributed by atoms with Crippen molar-refractivity contribution in [2.75, 3.05) is 0 Å². The molecule has 2 atom stereocenters. The second-order valence-electron chi connectivity index (χ2n) is 11.7. The fourth-order valence-corrected chi connectivity index (χ4v) is 6.81.